The zero-order valence-corrected chi connectivity index (χ0v) is 22.8. The highest BCUT2D eigenvalue weighted by Gasteiger charge is 2.61. The van der Waals surface area contributed by atoms with E-state index >= 15 is 0 Å². The number of esters is 2. The Morgan fingerprint density at radius 3 is 2.22 bits per heavy atom. The third-order valence-electron chi connectivity index (χ3n) is 6.37. The molecule has 0 radical (unpaired) electrons. The first kappa shape index (κ1) is 26.7. The van der Waals surface area contributed by atoms with Gasteiger partial charge in [-0.2, -0.15) is 0 Å². The van der Waals surface area contributed by atoms with Crippen molar-refractivity contribution >= 4 is 40.2 Å². The first-order valence-corrected chi connectivity index (χ1v) is 12.8. The fourth-order valence-corrected chi connectivity index (χ4v) is 5.20. The molecule has 4 rings (SSSR count). The third-order valence-corrected chi connectivity index (χ3v) is 7.28. The molecular weight excluding hydrogens is 585 g/mol. The van der Waals surface area contributed by atoms with Gasteiger partial charge in [0.15, 0.2) is 5.41 Å². The summed E-state index contributed by atoms with van der Waals surface area (Å²) in [5.41, 5.74) is 0.681. The van der Waals surface area contributed by atoms with E-state index in [0.29, 0.717) is 23.6 Å². The molecule has 192 valence electrons. The summed E-state index contributed by atoms with van der Waals surface area (Å²) in [6.45, 7) is 4.26. The molecule has 1 aliphatic rings. The Morgan fingerprint density at radius 1 is 1.00 bits per heavy atom. The molecule has 0 N–H and O–H groups in total. The van der Waals surface area contributed by atoms with E-state index in [0.717, 1.165) is 9.13 Å². The predicted octanol–water partition coefficient (Wildman–Crippen LogP) is 5.64. The van der Waals surface area contributed by atoms with Gasteiger partial charge in [0.05, 0.1) is 19.9 Å². The molecule has 37 heavy (non-hydrogen) atoms. The van der Waals surface area contributed by atoms with E-state index in [1.165, 1.54) is 14.2 Å². The second-order valence-corrected chi connectivity index (χ2v) is 9.72. The van der Waals surface area contributed by atoms with Crippen molar-refractivity contribution in [3.63, 3.8) is 0 Å². The number of para-hydroxylation sites is 1. The van der Waals surface area contributed by atoms with Crippen LogP contribution in [0, 0.1) is 8.99 Å². The second-order valence-electron chi connectivity index (χ2n) is 8.56. The van der Waals surface area contributed by atoms with E-state index in [-0.39, 0.29) is 6.42 Å². The number of methoxy groups -OCH3 is 2. The number of ether oxygens (including phenoxy) is 3. The zero-order chi connectivity index (χ0) is 26.4. The summed E-state index contributed by atoms with van der Waals surface area (Å²) in [6.07, 6.45) is 0.936. The van der Waals surface area contributed by atoms with Crippen LogP contribution < -0.4 is 9.80 Å². The molecule has 0 aromatic heterocycles. The molecule has 1 saturated heterocycles. The van der Waals surface area contributed by atoms with Gasteiger partial charge < -0.3 is 14.2 Å². The molecule has 0 saturated carbocycles. The molecule has 0 spiro atoms. The summed E-state index contributed by atoms with van der Waals surface area (Å²) >= 11 is 2.20. The maximum absolute atomic E-state index is 13.5. The Balaban J connectivity index is 1.80. The van der Waals surface area contributed by atoms with Crippen LogP contribution in [0.5, 0.6) is 5.75 Å². The third kappa shape index (κ3) is 5.35. The second kappa shape index (κ2) is 11.8. The lowest BCUT2D eigenvalue weighted by atomic mass is 9.71. The Bertz CT molecular complexity index is 1230. The lowest BCUT2D eigenvalue weighted by Crippen LogP contribution is -2.58. The highest BCUT2D eigenvalue weighted by molar-refractivity contribution is 14.1. The summed E-state index contributed by atoms with van der Waals surface area (Å²) in [5.74, 6) is -0.768. The van der Waals surface area contributed by atoms with E-state index in [1.54, 1.807) is 11.1 Å². The van der Waals surface area contributed by atoms with Crippen molar-refractivity contribution in [1.29, 1.82) is 0 Å². The Hall–Kier alpha value is -3.37. The zero-order valence-electron chi connectivity index (χ0n) is 20.6. The molecule has 0 aliphatic carbocycles. The van der Waals surface area contributed by atoms with Crippen molar-refractivity contribution in [2.24, 2.45) is 5.41 Å². The quantitative estimate of drug-likeness (QED) is 0.141. The van der Waals surface area contributed by atoms with E-state index in [9.17, 15) is 9.59 Å². The van der Waals surface area contributed by atoms with Gasteiger partial charge in [0, 0.05) is 9.99 Å². The summed E-state index contributed by atoms with van der Waals surface area (Å²) in [7, 11) is 2.53. The van der Waals surface area contributed by atoms with Gasteiger partial charge in [0.2, 0.25) is 0 Å². The monoisotopic (exact) mass is 613 g/mol. The molecular formula is C29H28INO6. The molecule has 2 atom stereocenters. The van der Waals surface area contributed by atoms with Crippen LogP contribution in [0.1, 0.15) is 23.6 Å². The number of hydrogen-bond acceptors (Lipinski definition) is 7. The van der Waals surface area contributed by atoms with Crippen molar-refractivity contribution < 1.29 is 28.6 Å². The van der Waals surface area contributed by atoms with Gasteiger partial charge in [0.1, 0.15) is 24.5 Å². The van der Waals surface area contributed by atoms with Crippen LogP contribution in [-0.4, -0.2) is 32.3 Å². The van der Waals surface area contributed by atoms with Gasteiger partial charge >= 0.3 is 11.9 Å². The average molecular weight is 613 g/mol. The molecule has 0 amide bonds. The SMILES string of the molecule is C=C[C@H]1CC(C(=O)OC)(C(=O)OC)[C@@H](c2ccc(OCc3ccccc3)cc2)N(c2ccccc2I)O1. The molecule has 3 aromatic rings. The van der Waals surface area contributed by atoms with Crippen LogP contribution in [-0.2, 0) is 30.5 Å². The van der Waals surface area contributed by atoms with Crippen molar-refractivity contribution in [3.8, 4) is 5.75 Å². The lowest BCUT2D eigenvalue weighted by Gasteiger charge is -2.48. The lowest BCUT2D eigenvalue weighted by molar-refractivity contribution is -0.183. The summed E-state index contributed by atoms with van der Waals surface area (Å²) in [4.78, 5) is 33.2. The van der Waals surface area contributed by atoms with Crippen molar-refractivity contribution in [2.75, 3.05) is 19.3 Å². The van der Waals surface area contributed by atoms with E-state index < -0.39 is 29.5 Å². The predicted molar refractivity (Wildman–Crippen MR) is 148 cm³/mol. The molecule has 0 bridgehead atoms. The Labute approximate surface area is 230 Å². The van der Waals surface area contributed by atoms with Crippen LogP contribution in [0.25, 0.3) is 0 Å². The summed E-state index contributed by atoms with van der Waals surface area (Å²) < 4.78 is 17.2. The standard InChI is InChI=1S/C29H28INO6/c1-4-22-18-29(27(32)34-2,28(33)35-3)26(31(37-22)25-13-9-8-12-24(25)30)21-14-16-23(17-15-21)36-19-20-10-6-5-7-11-20/h4-17,22,26H,1,18-19H2,2-3H3/t22-,26+/m0/s1. The minimum absolute atomic E-state index is 0.00663. The number of hydrogen-bond donors (Lipinski definition) is 0. The molecule has 7 nitrogen and oxygen atoms in total. The smallest absolute Gasteiger partial charge is 0.325 e. The normalized spacial score (nSPS) is 18.5. The Morgan fingerprint density at radius 2 is 1.62 bits per heavy atom. The van der Waals surface area contributed by atoms with Gasteiger partial charge in [-0.25, -0.2) is 5.06 Å². The number of halogens is 1. The first-order valence-electron chi connectivity index (χ1n) is 11.7. The topological polar surface area (TPSA) is 74.3 Å². The van der Waals surface area contributed by atoms with Gasteiger partial charge in [-0.05, 0) is 58.0 Å². The van der Waals surface area contributed by atoms with E-state index in [2.05, 4.69) is 29.2 Å². The molecule has 1 aliphatic heterocycles. The Kier molecular flexibility index (Phi) is 8.50. The van der Waals surface area contributed by atoms with Gasteiger partial charge in [0.25, 0.3) is 0 Å². The van der Waals surface area contributed by atoms with Crippen LogP contribution >= 0.6 is 22.6 Å². The molecule has 8 heteroatoms. The number of hydroxylamine groups is 1. The summed E-state index contributed by atoms with van der Waals surface area (Å²) in [6, 6.07) is 23.8. The van der Waals surface area contributed by atoms with E-state index in [1.807, 2.05) is 78.9 Å². The number of anilines is 1. The minimum atomic E-state index is -1.72. The summed E-state index contributed by atoms with van der Waals surface area (Å²) in [5, 5.41) is 1.60. The number of carbonyl (C=O) groups is 2. The van der Waals surface area contributed by atoms with Crippen LogP contribution in [0.15, 0.2) is 91.5 Å². The highest BCUT2D eigenvalue weighted by atomic mass is 127. The largest absolute Gasteiger partial charge is 0.489 e. The average Bonchev–Trinajstić information content (AvgIpc) is 2.95. The molecule has 3 aromatic carbocycles. The van der Waals surface area contributed by atoms with Gasteiger partial charge in [-0.3, -0.25) is 14.4 Å². The van der Waals surface area contributed by atoms with Crippen molar-refractivity contribution in [3.05, 3.63) is 106 Å². The van der Waals surface area contributed by atoms with Crippen molar-refractivity contribution in [2.45, 2.75) is 25.2 Å². The van der Waals surface area contributed by atoms with Gasteiger partial charge in [-0.15, -0.1) is 6.58 Å². The number of benzene rings is 3. The molecule has 0 unspecified atom stereocenters. The molecule has 1 fully saturated rings. The highest BCUT2D eigenvalue weighted by Crippen LogP contribution is 2.51. The van der Waals surface area contributed by atoms with E-state index in [4.69, 9.17) is 19.0 Å². The maximum Gasteiger partial charge on any atom is 0.325 e. The van der Waals surface area contributed by atoms with Crippen LogP contribution in [0.3, 0.4) is 0 Å². The number of rotatable bonds is 8. The first-order chi connectivity index (χ1) is 17.9. The maximum atomic E-state index is 13.5. The van der Waals surface area contributed by atoms with Crippen molar-refractivity contribution in [1.82, 2.24) is 0 Å². The minimum Gasteiger partial charge on any atom is -0.489 e. The van der Waals surface area contributed by atoms with Gasteiger partial charge in [-0.1, -0.05) is 60.7 Å². The molecule has 1 heterocycles. The van der Waals surface area contributed by atoms with Crippen LogP contribution in [0.2, 0.25) is 0 Å². The van der Waals surface area contributed by atoms with Crippen LogP contribution in [0.4, 0.5) is 5.69 Å². The number of nitrogens with zero attached hydrogens (tertiary/aromatic N) is 1. The number of carbonyl (C=O) groups excluding carboxylic acids is 2. The fourth-order valence-electron chi connectivity index (χ4n) is 4.57. The fraction of sp³-hybridized carbons (Fsp3) is 0.241.